The maximum Gasteiger partial charge on any atom is 0.306 e. The Bertz CT molecular complexity index is 1450. The summed E-state index contributed by atoms with van der Waals surface area (Å²) < 4.78 is 106. The smallest absolute Gasteiger partial charge is 0.306 e. The fourth-order valence-electron chi connectivity index (χ4n) is 9.70. The van der Waals surface area contributed by atoms with Gasteiger partial charge in [-0.1, -0.05) is 20.8 Å². The first-order chi connectivity index (χ1) is 29.2. The summed E-state index contributed by atoms with van der Waals surface area (Å²) >= 11 is 0. The molecule has 0 bridgehead atoms. The van der Waals surface area contributed by atoms with Crippen molar-refractivity contribution >= 4 is 17.8 Å². The van der Waals surface area contributed by atoms with Crippen LogP contribution in [-0.2, 0) is 14.4 Å². The molecule has 2 amide bonds. The van der Waals surface area contributed by atoms with E-state index in [1.165, 1.54) is 20.8 Å². The fraction of sp³-hybridized carbons (Fsp3) is 0.911. The molecule has 0 unspecified atom stereocenters. The molecule has 0 aromatic heterocycles. The third kappa shape index (κ3) is 14.6. The van der Waals surface area contributed by atoms with Crippen molar-refractivity contribution in [2.45, 2.75) is 167 Å². The van der Waals surface area contributed by atoms with Gasteiger partial charge in [0.05, 0.1) is 29.9 Å². The van der Waals surface area contributed by atoms with E-state index in [1.807, 2.05) is 6.07 Å². The normalized spacial score (nSPS) is 33.0. The highest BCUT2D eigenvalue weighted by Crippen LogP contribution is 2.44. The average molecular weight is 915 g/mol. The lowest BCUT2D eigenvalue weighted by atomic mass is 9.77. The quantitative estimate of drug-likeness (QED) is 0.262. The van der Waals surface area contributed by atoms with Crippen molar-refractivity contribution in [3.8, 4) is 6.07 Å². The Labute approximate surface area is 369 Å². The van der Waals surface area contributed by atoms with Gasteiger partial charge in [-0.2, -0.15) is 5.26 Å². The third-order valence-corrected chi connectivity index (χ3v) is 14.7. The van der Waals surface area contributed by atoms with Crippen molar-refractivity contribution in [2.75, 3.05) is 52.4 Å². The largest absolute Gasteiger partial charge is 0.481 e. The Hall–Kier alpha value is -2.78. The molecule has 6 fully saturated rings. The lowest BCUT2D eigenvalue weighted by Gasteiger charge is -2.41. The molecule has 10 nitrogen and oxygen atoms in total. The molecule has 2 aliphatic heterocycles. The van der Waals surface area contributed by atoms with Gasteiger partial charge in [-0.05, 0) is 79.1 Å². The summed E-state index contributed by atoms with van der Waals surface area (Å²) in [7, 11) is 0. The number of alkyl halides is 8. The summed E-state index contributed by atoms with van der Waals surface area (Å²) in [5.74, 6) is -17.5. The highest BCUT2D eigenvalue weighted by atomic mass is 19.3. The van der Waals surface area contributed by atoms with Gasteiger partial charge in [0.1, 0.15) is 0 Å². The summed E-state index contributed by atoms with van der Waals surface area (Å²) in [4.78, 5) is 43.6. The first-order valence-corrected chi connectivity index (χ1v) is 23.1. The summed E-state index contributed by atoms with van der Waals surface area (Å²) in [6.07, 6.45) is 3.26. The molecule has 3 N–H and O–H groups in total. The highest BCUT2D eigenvalue weighted by molar-refractivity contribution is 5.80. The number of nitrogens with zero attached hydrogens (tertiary/aromatic N) is 5. The van der Waals surface area contributed by atoms with E-state index in [4.69, 9.17) is 16.1 Å². The van der Waals surface area contributed by atoms with Crippen molar-refractivity contribution in [3.05, 3.63) is 0 Å². The molecule has 2 heterocycles. The van der Waals surface area contributed by atoms with E-state index in [9.17, 15) is 49.5 Å². The lowest BCUT2D eigenvalue weighted by molar-refractivity contribution is -0.158. The van der Waals surface area contributed by atoms with Gasteiger partial charge in [0.25, 0.3) is 23.7 Å². The Morgan fingerprint density at radius 2 is 0.889 bits per heavy atom. The van der Waals surface area contributed by atoms with Gasteiger partial charge in [0, 0.05) is 114 Å². The SMILES string of the molecule is CC(C)N1CCN(C(=O)[C@H]2CCCC(F)(F)[C@@H]2C)CC1.CC(C)N1CCN(C(=O)[C@H]2CCCC(F)(F)[C@@H]2N)CC1.C[C@@H]1[C@@H](C#N)CCCC1(F)F.C[C@@H]1[C@@H](C(=O)O)CCCC1(F)F. The molecule has 2 saturated heterocycles. The van der Waals surface area contributed by atoms with Gasteiger partial charge in [-0.15, -0.1) is 0 Å². The minimum Gasteiger partial charge on any atom is -0.481 e. The summed E-state index contributed by atoms with van der Waals surface area (Å²) in [5.41, 5.74) is 5.63. The summed E-state index contributed by atoms with van der Waals surface area (Å²) in [6, 6.07) is 1.53. The number of carboxylic acid groups (broad SMARTS) is 1. The standard InChI is InChI=1S/C15H26F2N2O.C14H25F2N3O.C8H11F2N.C8H12F2O2/c1-11(2)18-7-9-19(10-8-18)14(20)13-5-4-6-15(16,17)12(13)3;1-10(2)18-6-8-19(9-7-18)13(20)11-4-3-5-14(15,16)12(11)17;1-6-7(5-11)3-2-4-8(6,9)10;1-5-6(7(11)12)3-2-4-8(5,9)10/h11-13H,4-10H2,1-3H3;10-12H,3-9,17H2,1-2H3;6-7H,2-4H2,1H3;5-6H,2-4H2,1H3,(H,11,12)/t12-,13+;11-,12+;6-,7-;5-,6+/m1011/s1. The van der Waals surface area contributed by atoms with Gasteiger partial charge in [0.15, 0.2) is 0 Å². The molecule has 6 aliphatic rings. The van der Waals surface area contributed by atoms with Crippen LogP contribution in [0.3, 0.4) is 0 Å². The monoisotopic (exact) mass is 915 g/mol. The van der Waals surface area contributed by atoms with Crippen LogP contribution in [0.15, 0.2) is 0 Å². The molecule has 6 rings (SSSR count). The van der Waals surface area contributed by atoms with Crippen LogP contribution in [0.25, 0.3) is 0 Å². The maximum atomic E-state index is 13.8. The van der Waals surface area contributed by atoms with Crippen LogP contribution in [0, 0.1) is 52.8 Å². The topological polar surface area (TPSA) is 134 Å². The first-order valence-electron chi connectivity index (χ1n) is 23.1. The molecule has 4 aliphatic carbocycles. The molecular weight excluding hydrogens is 841 g/mol. The van der Waals surface area contributed by atoms with Crippen LogP contribution in [-0.4, -0.2) is 137 Å². The molecule has 18 heteroatoms. The second-order valence-electron chi connectivity index (χ2n) is 19.3. The number of carbonyl (C=O) groups is 3. The van der Waals surface area contributed by atoms with Crippen molar-refractivity contribution in [1.82, 2.24) is 19.6 Å². The molecular formula is C45H74F8N6O4. The zero-order valence-corrected chi connectivity index (χ0v) is 38.4. The summed E-state index contributed by atoms with van der Waals surface area (Å²) in [5, 5.41) is 17.1. The van der Waals surface area contributed by atoms with Crippen molar-refractivity contribution in [1.29, 1.82) is 5.26 Å². The Kier molecular flexibility index (Phi) is 20.0. The molecule has 63 heavy (non-hydrogen) atoms. The van der Waals surface area contributed by atoms with E-state index in [2.05, 4.69) is 37.5 Å². The number of aliphatic carboxylic acids is 1. The molecule has 364 valence electrons. The van der Waals surface area contributed by atoms with Gasteiger partial charge in [-0.25, -0.2) is 35.1 Å². The number of halogens is 8. The van der Waals surface area contributed by atoms with E-state index >= 15 is 0 Å². The first kappa shape index (κ1) is 54.6. The zero-order chi connectivity index (χ0) is 47.7. The third-order valence-electron chi connectivity index (χ3n) is 14.7. The Morgan fingerprint density at radius 1 is 0.556 bits per heavy atom. The second kappa shape index (κ2) is 23.1. The molecule has 0 spiro atoms. The second-order valence-corrected chi connectivity index (χ2v) is 19.3. The number of carboxylic acids is 1. The number of amides is 2. The highest BCUT2D eigenvalue weighted by Gasteiger charge is 2.50. The van der Waals surface area contributed by atoms with Crippen LogP contribution in [0.5, 0.6) is 0 Å². The average Bonchev–Trinajstić information content (AvgIpc) is 3.22. The maximum absolute atomic E-state index is 13.8. The molecule has 0 aromatic carbocycles. The predicted molar refractivity (Wildman–Crippen MR) is 224 cm³/mol. The minimum absolute atomic E-state index is 0.0493. The number of piperazine rings is 2. The number of nitriles is 1. The molecule has 0 aromatic rings. The van der Waals surface area contributed by atoms with Gasteiger partial charge in [0.2, 0.25) is 11.8 Å². The number of carbonyl (C=O) groups excluding carboxylic acids is 2. The number of hydrogen-bond acceptors (Lipinski definition) is 7. The zero-order valence-electron chi connectivity index (χ0n) is 38.4. The van der Waals surface area contributed by atoms with E-state index in [-0.39, 0.29) is 37.5 Å². The minimum atomic E-state index is -2.90. The molecule has 4 saturated carbocycles. The van der Waals surface area contributed by atoms with Crippen LogP contribution >= 0.6 is 0 Å². The lowest BCUT2D eigenvalue weighted by Crippen LogP contribution is -2.58. The van der Waals surface area contributed by atoms with E-state index in [0.29, 0.717) is 89.6 Å². The van der Waals surface area contributed by atoms with E-state index in [1.54, 1.807) is 9.80 Å². The van der Waals surface area contributed by atoms with Gasteiger partial charge >= 0.3 is 5.97 Å². The summed E-state index contributed by atoms with van der Waals surface area (Å²) in [6.45, 7) is 18.7. The Balaban J connectivity index is 0.000000231. The Morgan fingerprint density at radius 3 is 1.25 bits per heavy atom. The number of nitrogens with two attached hydrogens (primary N) is 1. The predicted octanol–water partition coefficient (Wildman–Crippen LogP) is 8.64. The molecule has 8 atom stereocenters. The van der Waals surface area contributed by atoms with Crippen LogP contribution in [0.4, 0.5) is 35.1 Å². The van der Waals surface area contributed by atoms with Crippen LogP contribution in [0.1, 0.15) is 126 Å². The van der Waals surface area contributed by atoms with E-state index < -0.39 is 77.1 Å². The number of rotatable bonds is 5. The van der Waals surface area contributed by atoms with Crippen LogP contribution < -0.4 is 5.73 Å². The van der Waals surface area contributed by atoms with Crippen molar-refractivity contribution < 1.29 is 54.6 Å². The van der Waals surface area contributed by atoms with Crippen LogP contribution in [0.2, 0.25) is 0 Å². The fourth-order valence-corrected chi connectivity index (χ4v) is 9.70. The van der Waals surface area contributed by atoms with Crippen molar-refractivity contribution in [3.63, 3.8) is 0 Å². The number of hydrogen-bond donors (Lipinski definition) is 2. The van der Waals surface area contributed by atoms with Crippen molar-refractivity contribution in [2.24, 2.45) is 47.2 Å². The van der Waals surface area contributed by atoms with E-state index in [0.717, 1.165) is 26.2 Å². The van der Waals surface area contributed by atoms with Gasteiger partial charge in [-0.3, -0.25) is 24.2 Å². The van der Waals surface area contributed by atoms with Gasteiger partial charge < -0.3 is 20.6 Å². The molecule has 0 radical (unpaired) electrons.